The van der Waals surface area contributed by atoms with E-state index in [0.29, 0.717) is 12.0 Å². The zero-order valence-electron chi connectivity index (χ0n) is 14.1. The first-order valence-electron chi connectivity index (χ1n) is 8.08. The van der Waals surface area contributed by atoms with Crippen molar-refractivity contribution in [3.05, 3.63) is 58.3 Å². The van der Waals surface area contributed by atoms with Crippen LogP contribution in [0, 0.1) is 0 Å². The van der Waals surface area contributed by atoms with Crippen molar-refractivity contribution in [2.24, 2.45) is 5.73 Å². The number of rotatable bonds is 5. The molecule has 0 aliphatic rings. The summed E-state index contributed by atoms with van der Waals surface area (Å²) in [5, 5.41) is 31.8. The number of halogens is 1. The van der Waals surface area contributed by atoms with E-state index in [-0.39, 0.29) is 5.91 Å². The highest BCUT2D eigenvalue weighted by Crippen LogP contribution is 2.35. The number of phenolic OH excluding ortho intramolecular Hbond substituents is 3. The molecule has 0 fully saturated rings. The van der Waals surface area contributed by atoms with E-state index in [1.807, 2.05) is 24.4 Å². The number of nitrogens with one attached hydrogen (secondary N) is 2. The van der Waals surface area contributed by atoms with Crippen LogP contribution in [0.25, 0.3) is 17.0 Å². The molecule has 8 heteroatoms. The van der Waals surface area contributed by atoms with Crippen molar-refractivity contribution in [3.63, 3.8) is 0 Å². The number of hydrogen-bond acceptors (Lipinski definition) is 5. The highest BCUT2D eigenvalue weighted by Gasteiger charge is 2.15. The third-order valence-corrected chi connectivity index (χ3v) is 4.59. The summed E-state index contributed by atoms with van der Waals surface area (Å²) in [4.78, 5) is 15.3. The maximum atomic E-state index is 12.2. The predicted octanol–water partition coefficient (Wildman–Crippen LogP) is 2.70. The Morgan fingerprint density at radius 1 is 1.22 bits per heavy atom. The second kappa shape index (κ2) is 7.73. The summed E-state index contributed by atoms with van der Waals surface area (Å²) in [5.41, 5.74) is 8.30. The molecule has 2 aromatic carbocycles. The zero-order valence-corrected chi connectivity index (χ0v) is 15.7. The monoisotopic (exact) mass is 431 g/mol. The molecular formula is C19H18BrN3O4. The molecule has 27 heavy (non-hydrogen) atoms. The van der Waals surface area contributed by atoms with Gasteiger partial charge in [0.05, 0.1) is 6.04 Å². The molecule has 7 nitrogen and oxygen atoms in total. The molecule has 0 bridgehead atoms. The van der Waals surface area contributed by atoms with E-state index in [1.54, 1.807) is 0 Å². The summed E-state index contributed by atoms with van der Waals surface area (Å²) in [7, 11) is 0. The summed E-state index contributed by atoms with van der Waals surface area (Å²) >= 11 is 3.41. The summed E-state index contributed by atoms with van der Waals surface area (Å²) in [6.07, 6.45) is 5.02. The van der Waals surface area contributed by atoms with Crippen LogP contribution >= 0.6 is 15.9 Å². The summed E-state index contributed by atoms with van der Waals surface area (Å²) in [6, 6.07) is 7.59. The van der Waals surface area contributed by atoms with Crippen LogP contribution in [0.5, 0.6) is 17.2 Å². The minimum Gasteiger partial charge on any atom is -0.504 e. The molecule has 1 amide bonds. The smallest absolute Gasteiger partial charge is 0.241 e. The number of benzene rings is 2. The Balaban J connectivity index is 1.63. The number of aromatic hydroxyl groups is 3. The van der Waals surface area contributed by atoms with Crippen molar-refractivity contribution in [2.45, 2.75) is 12.5 Å². The van der Waals surface area contributed by atoms with Gasteiger partial charge in [0.2, 0.25) is 5.91 Å². The number of aromatic nitrogens is 1. The zero-order chi connectivity index (χ0) is 19.6. The van der Waals surface area contributed by atoms with E-state index < -0.39 is 23.3 Å². The Morgan fingerprint density at radius 3 is 2.63 bits per heavy atom. The van der Waals surface area contributed by atoms with Gasteiger partial charge in [0.1, 0.15) is 0 Å². The van der Waals surface area contributed by atoms with Crippen LogP contribution in [-0.2, 0) is 11.2 Å². The van der Waals surface area contributed by atoms with Gasteiger partial charge in [-0.2, -0.15) is 0 Å². The number of fused-ring (bicyclic) bond motifs is 1. The average molecular weight is 432 g/mol. The lowest BCUT2D eigenvalue weighted by atomic mass is 10.1. The maximum absolute atomic E-state index is 12.2. The molecule has 7 N–H and O–H groups in total. The van der Waals surface area contributed by atoms with E-state index in [9.17, 15) is 20.1 Å². The summed E-state index contributed by atoms with van der Waals surface area (Å²) in [6.45, 7) is 0. The molecule has 3 aromatic rings. The van der Waals surface area contributed by atoms with Crippen LogP contribution in [0.2, 0.25) is 0 Å². The molecule has 0 saturated carbocycles. The topological polar surface area (TPSA) is 132 Å². The molecule has 0 radical (unpaired) electrons. The lowest BCUT2D eigenvalue weighted by molar-refractivity contribution is -0.121. The standard InChI is InChI=1S/C19H18BrN3O4/c20-12-1-2-13-11(9-23-15(13)8-12)7-14(21)19(27)22-4-3-10-5-16(24)18(26)17(25)6-10/h1-6,8-9,14,23-26H,7,21H2,(H,22,27)/b4-3+/t14-/m0/s1. The predicted molar refractivity (Wildman–Crippen MR) is 106 cm³/mol. The van der Waals surface area contributed by atoms with Gasteiger partial charge in [0.15, 0.2) is 17.2 Å². The van der Waals surface area contributed by atoms with E-state index in [4.69, 9.17) is 5.73 Å². The van der Waals surface area contributed by atoms with Gasteiger partial charge in [-0.3, -0.25) is 4.79 Å². The van der Waals surface area contributed by atoms with E-state index >= 15 is 0 Å². The lowest BCUT2D eigenvalue weighted by Gasteiger charge is -2.09. The SMILES string of the molecule is N[C@@H](Cc1c[nH]c2cc(Br)ccc12)C(=O)N/C=C/c1cc(O)c(O)c(O)c1. The fraction of sp³-hybridized carbons (Fsp3) is 0.105. The van der Waals surface area contributed by atoms with Gasteiger partial charge in [-0.1, -0.05) is 22.0 Å². The van der Waals surface area contributed by atoms with Crippen LogP contribution in [0.3, 0.4) is 0 Å². The molecule has 1 heterocycles. The van der Waals surface area contributed by atoms with Gasteiger partial charge in [0, 0.05) is 27.8 Å². The van der Waals surface area contributed by atoms with E-state index in [0.717, 1.165) is 20.9 Å². The Hall–Kier alpha value is -2.97. The van der Waals surface area contributed by atoms with E-state index in [1.165, 1.54) is 24.4 Å². The first-order valence-corrected chi connectivity index (χ1v) is 8.87. The fourth-order valence-corrected chi connectivity index (χ4v) is 3.07. The van der Waals surface area contributed by atoms with Crippen LogP contribution in [0.4, 0.5) is 0 Å². The van der Waals surface area contributed by atoms with Gasteiger partial charge < -0.3 is 31.4 Å². The number of amides is 1. The van der Waals surface area contributed by atoms with Crippen molar-refractivity contribution >= 4 is 38.8 Å². The molecule has 0 saturated heterocycles. The van der Waals surface area contributed by atoms with Crippen molar-refractivity contribution < 1.29 is 20.1 Å². The first-order chi connectivity index (χ1) is 12.8. The third-order valence-electron chi connectivity index (χ3n) is 4.10. The van der Waals surface area contributed by atoms with Crippen LogP contribution < -0.4 is 11.1 Å². The quantitative estimate of drug-likeness (QED) is 0.345. The lowest BCUT2D eigenvalue weighted by Crippen LogP contribution is -2.39. The van der Waals surface area contributed by atoms with Crippen molar-refractivity contribution in [3.8, 4) is 17.2 Å². The molecule has 0 aliphatic carbocycles. The van der Waals surface area contributed by atoms with Crippen LogP contribution in [0.1, 0.15) is 11.1 Å². The average Bonchev–Trinajstić information content (AvgIpc) is 3.01. The Labute approximate surface area is 163 Å². The molecule has 1 aromatic heterocycles. The third kappa shape index (κ3) is 4.24. The Morgan fingerprint density at radius 2 is 1.93 bits per heavy atom. The summed E-state index contributed by atoms with van der Waals surface area (Å²) < 4.78 is 0.960. The number of hydrogen-bond donors (Lipinski definition) is 6. The van der Waals surface area contributed by atoms with E-state index in [2.05, 4.69) is 26.2 Å². The number of aromatic amines is 1. The largest absolute Gasteiger partial charge is 0.504 e. The van der Waals surface area contributed by atoms with Gasteiger partial charge >= 0.3 is 0 Å². The fourth-order valence-electron chi connectivity index (χ4n) is 2.71. The number of nitrogens with two attached hydrogens (primary N) is 1. The van der Waals surface area contributed by atoms with Crippen LogP contribution in [-0.4, -0.2) is 32.3 Å². The van der Waals surface area contributed by atoms with Crippen LogP contribution in [0.15, 0.2) is 47.2 Å². The van der Waals surface area contributed by atoms with Gasteiger partial charge in [-0.25, -0.2) is 0 Å². The van der Waals surface area contributed by atoms with Gasteiger partial charge in [-0.05, 0) is 47.9 Å². The van der Waals surface area contributed by atoms with Gasteiger partial charge in [0.25, 0.3) is 0 Å². The molecular weight excluding hydrogens is 414 g/mol. The second-order valence-corrected chi connectivity index (χ2v) is 6.98. The molecule has 140 valence electrons. The molecule has 0 aliphatic heterocycles. The summed E-state index contributed by atoms with van der Waals surface area (Å²) in [5.74, 6) is -1.87. The Bertz CT molecular complexity index is 1010. The minimum absolute atomic E-state index is 0.363. The highest BCUT2D eigenvalue weighted by molar-refractivity contribution is 9.10. The molecule has 0 unspecified atom stereocenters. The van der Waals surface area contributed by atoms with Crippen molar-refractivity contribution in [2.75, 3.05) is 0 Å². The molecule has 3 rings (SSSR count). The Kier molecular flexibility index (Phi) is 5.38. The van der Waals surface area contributed by atoms with Crippen molar-refractivity contribution in [1.82, 2.24) is 10.3 Å². The minimum atomic E-state index is -0.751. The molecule has 1 atom stereocenters. The normalized spacial score (nSPS) is 12.5. The maximum Gasteiger partial charge on any atom is 0.241 e. The second-order valence-electron chi connectivity index (χ2n) is 6.06. The number of carbonyl (C=O) groups is 1. The number of H-pyrrole nitrogens is 1. The van der Waals surface area contributed by atoms with Crippen molar-refractivity contribution in [1.29, 1.82) is 0 Å². The number of phenols is 3. The molecule has 0 spiro atoms. The first kappa shape index (κ1) is 18.8. The number of carbonyl (C=O) groups excluding carboxylic acids is 1. The van der Waals surface area contributed by atoms with Gasteiger partial charge in [-0.15, -0.1) is 0 Å². The highest BCUT2D eigenvalue weighted by atomic mass is 79.9.